The lowest BCUT2D eigenvalue weighted by Gasteiger charge is -2.21. The van der Waals surface area contributed by atoms with E-state index in [-0.39, 0.29) is 36.6 Å². The molecular weight excluding hydrogens is 638 g/mol. The molecule has 0 unspecified atom stereocenters. The quantitative estimate of drug-likeness (QED) is 0.186. The van der Waals surface area contributed by atoms with Gasteiger partial charge in [0, 0.05) is 42.6 Å². The Balaban J connectivity index is 0.00000506. The fourth-order valence-electron chi connectivity index (χ4n) is 3.88. The molecule has 0 fully saturated rings. The zero-order valence-corrected chi connectivity index (χ0v) is 26.4. The van der Waals surface area contributed by atoms with E-state index >= 15 is 0 Å². The van der Waals surface area contributed by atoms with Gasteiger partial charge < -0.3 is 25.6 Å². The number of amides is 4. The van der Waals surface area contributed by atoms with Crippen molar-refractivity contribution in [2.24, 2.45) is 0 Å². The number of nitrogens with one attached hydrogen (secondary N) is 3. The number of likely N-dealkylation sites (N-methyl/N-ethyl adjacent to an activating group) is 1. The highest BCUT2D eigenvalue weighted by Gasteiger charge is 2.20. The Morgan fingerprint density at radius 1 is 1.07 bits per heavy atom. The number of fused-ring (bicyclic) bond motifs is 1. The first-order chi connectivity index (χ1) is 20.1. The van der Waals surface area contributed by atoms with Crippen molar-refractivity contribution in [3.63, 3.8) is 0 Å². The predicted molar refractivity (Wildman–Crippen MR) is 173 cm³/mol. The van der Waals surface area contributed by atoms with E-state index in [1.165, 1.54) is 18.0 Å². The summed E-state index contributed by atoms with van der Waals surface area (Å²) in [5, 5.41) is 8.77. The molecule has 0 aliphatic carbocycles. The molecule has 0 bridgehead atoms. The summed E-state index contributed by atoms with van der Waals surface area (Å²) in [6.45, 7) is 1.55. The number of carbonyl (C=O) groups excluding carboxylic acids is 3. The van der Waals surface area contributed by atoms with Gasteiger partial charge in [-0.2, -0.15) is 0 Å². The van der Waals surface area contributed by atoms with Crippen LogP contribution < -0.4 is 25.6 Å². The van der Waals surface area contributed by atoms with Crippen LogP contribution in [0.25, 0.3) is 11.7 Å². The zero-order chi connectivity index (χ0) is 30.4. The summed E-state index contributed by atoms with van der Waals surface area (Å²) in [6.07, 6.45) is 4.69. The van der Waals surface area contributed by atoms with Crippen molar-refractivity contribution in [3.8, 4) is 5.75 Å². The van der Waals surface area contributed by atoms with Gasteiger partial charge in [0.25, 0.3) is 0 Å². The molecule has 0 saturated heterocycles. The largest absolute Gasteiger partial charge is 0.485 e. The van der Waals surface area contributed by atoms with Crippen LogP contribution in [-0.2, 0) is 16.2 Å². The first-order valence-corrected chi connectivity index (χ1v) is 13.8. The minimum absolute atomic E-state index is 0. The van der Waals surface area contributed by atoms with Gasteiger partial charge in [-0.05, 0) is 55.0 Å². The van der Waals surface area contributed by atoms with Crippen molar-refractivity contribution in [2.75, 3.05) is 30.9 Å². The summed E-state index contributed by atoms with van der Waals surface area (Å²) in [6, 6.07) is 13.3. The summed E-state index contributed by atoms with van der Waals surface area (Å²) in [4.78, 5) is 42.4. The van der Waals surface area contributed by atoms with Crippen LogP contribution in [0.3, 0.4) is 0 Å². The first-order valence-electron chi connectivity index (χ1n) is 12.6. The molecule has 2 aromatic heterocycles. The van der Waals surface area contributed by atoms with E-state index < -0.39 is 11.8 Å². The van der Waals surface area contributed by atoms with Crippen LogP contribution in [0.2, 0.25) is 15.2 Å². The van der Waals surface area contributed by atoms with Crippen LogP contribution in [0.1, 0.15) is 16.8 Å². The van der Waals surface area contributed by atoms with Gasteiger partial charge in [0.15, 0.2) is 11.4 Å². The summed E-state index contributed by atoms with van der Waals surface area (Å²) >= 11 is 19.4. The summed E-state index contributed by atoms with van der Waals surface area (Å²) in [5.41, 5.74) is 3.44. The fraction of sp³-hybridized carbons (Fsp3) is 0.172. The maximum absolute atomic E-state index is 12.9. The van der Waals surface area contributed by atoms with Crippen molar-refractivity contribution < 1.29 is 19.1 Å². The third-order valence-electron chi connectivity index (χ3n) is 6.22. The van der Waals surface area contributed by atoms with Gasteiger partial charge in [-0.25, -0.2) is 9.78 Å². The van der Waals surface area contributed by atoms with Gasteiger partial charge in [-0.15, -0.1) is 12.4 Å². The fourth-order valence-corrected chi connectivity index (χ4v) is 4.67. The second-order valence-corrected chi connectivity index (χ2v) is 10.2. The second kappa shape index (κ2) is 15.0. The van der Waals surface area contributed by atoms with Gasteiger partial charge in [-0.3, -0.25) is 14.0 Å². The molecule has 14 heteroatoms. The van der Waals surface area contributed by atoms with Crippen LogP contribution in [0.5, 0.6) is 5.75 Å². The minimum Gasteiger partial charge on any atom is -0.485 e. The number of imidazole rings is 1. The molecule has 4 aromatic rings. The third-order valence-corrected chi connectivity index (χ3v) is 7.46. The molecule has 2 aromatic carbocycles. The predicted octanol–water partition coefficient (Wildman–Crippen LogP) is 6.15. The van der Waals surface area contributed by atoms with Crippen molar-refractivity contribution in [2.45, 2.75) is 13.5 Å². The van der Waals surface area contributed by atoms with Crippen LogP contribution in [-0.4, -0.2) is 47.9 Å². The van der Waals surface area contributed by atoms with E-state index in [4.69, 9.17) is 39.5 Å². The van der Waals surface area contributed by atoms with E-state index in [1.807, 2.05) is 0 Å². The Hall–Kier alpha value is -3.96. The number of halogens is 4. The number of carbonyl (C=O) groups is 3. The SMILES string of the molecule is CNC(=O)Nc1ccc(/C=C/C(=O)NCC(=O)N(C)c2ccc(Cl)c(COc3cccn4c(Cl)c(C)nc34)c2Cl)cc1.Cl. The Morgan fingerprint density at radius 3 is 2.49 bits per heavy atom. The average Bonchev–Trinajstić information content (AvgIpc) is 3.28. The Labute approximate surface area is 269 Å². The second-order valence-electron chi connectivity index (χ2n) is 9.03. The Kier molecular flexibility index (Phi) is 11.7. The topological polar surface area (TPSA) is 117 Å². The van der Waals surface area contributed by atoms with E-state index in [2.05, 4.69) is 20.9 Å². The normalized spacial score (nSPS) is 10.7. The highest BCUT2D eigenvalue weighted by atomic mass is 35.5. The van der Waals surface area contributed by atoms with Gasteiger partial charge in [0.05, 0.1) is 22.9 Å². The summed E-state index contributed by atoms with van der Waals surface area (Å²) in [7, 11) is 3.07. The molecule has 4 amide bonds. The number of hydrogen-bond acceptors (Lipinski definition) is 5. The number of ether oxygens (including phenoxy) is 1. The average molecular weight is 666 g/mol. The number of hydrogen-bond donors (Lipinski definition) is 3. The standard InChI is InChI=1S/C29H27Cl3N6O4.ClH/c1-17-27(32)38-14-4-5-23(28(38)35-17)42-16-20-21(30)11-12-22(26(20)31)37(3)25(40)15-34-24(39)13-8-18-6-9-19(10-7-18)36-29(41)33-2;/h4-14H,15-16H2,1-3H3,(H,34,39)(H2,33,36,41);1H/b13-8+;. The van der Waals surface area contributed by atoms with Crippen molar-refractivity contribution in [1.82, 2.24) is 20.0 Å². The van der Waals surface area contributed by atoms with Gasteiger partial charge >= 0.3 is 6.03 Å². The molecule has 0 aliphatic rings. The highest BCUT2D eigenvalue weighted by molar-refractivity contribution is 6.38. The molecule has 0 radical (unpaired) electrons. The van der Waals surface area contributed by atoms with Crippen molar-refractivity contribution in [1.29, 1.82) is 0 Å². The monoisotopic (exact) mass is 664 g/mol. The van der Waals surface area contributed by atoms with Gasteiger partial charge in [-0.1, -0.05) is 46.9 Å². The van der Waals surface area contributed by atoms with E-state index in [0.717, 1.165) is 5.56 Å². The van der Waals surface area contributed by atoms with E-state index in [0.29, 0.717) is 44.2 Å². The number of pyridine rings is 1. The zero-order valence-electron chi connectivity index (χ0n) is 23.3. The third kappa shape index (κ3) is 8.11. The number of aromatic nitrogens is 2. The maximum Gasteiger partial charge on any atom is 0.318 e. The number of benzene rings is 2. The molecular formula is C29H28Cl4N6O4. The molecule has 226 valence electrons. The van der Waals surface area contributed by atoms with E-state index in [1.54, 1.807) is 79.2 Å². The summed E-state index contributed by atoms with van der Waals surface area (Å²) < 4.78 is 7.71. The number of aryl methyl sites for hydroxylation is 1. The van der Waals surface area contributed by atoms with Crippen LogP contribution in [0.4, 0.5) is 16.2 Å². The van der Waals surface area contributed by atoms with E-state index in [9.17, 15) is 14.4 Å². The molecule has 10 nitrogen and oxygen atoms in total. The van der Waals surface area contributed by atoms with Crippen LogP contribution >= 0.6 is 47.2 Å². The van der Waals surface area contributed by atoms with Crippen molar-refractivity contribution in [3.05, 3.63) is 92.8 Å². The maximum atomic E-state index is 12.9. The number of anilines is 2. The number of nitrogens with zero attached hydrogens (tertiary/aromatic N) is 3. The molecule has 0 saturated carbocycles. The lowest BCUT2D eigenvalue weighted by molar-refractivity contribution is -0.122. The molecule has 0 spiro atoms. The molecule has 0 aliphatic heterocycles. The lowest BCUT2D eigenvalue weighted by atomic mass is 10.2. The minimum atomic E-state index is -0.455. The molecule has 43 heavy (non-hydrogen) atoms. The van der Waals surface area contributed by atoms with Gasteiger partial charge in [0.2, 0.25) is 11.8 Å². The number of rotatable bonds is 9. The Bertz CT molecular complexity index is 1670. The number of urea groups is 1. The lowest BCUT2D eigenvalue weighted by Crippen LogP contribution is -2.37. The van der Waals surface area contributed by atoms with Crippen LogP contribution in [0, 0.1) is 6.92 Å². The molecule has 2 heterocycles. The molecule has 4 rings (SSSR count). The van der Waals surface area contributed by atoms with Gasteiger partial charge in [0.1, 0.15) is 11.8 Å². The first kappa shape index (κ1) is 33.5. The molecule has 0 atom stereocenters. The smallest absolute Gasteiger partial charge is 0.318 e. The molecule has 3 N–H and O–H groups in total. The Morgan fingerprint density at radius 2 is 1.79 bits per heavy atom. The van der Waals surface area contributed by atoms with Crippen LogP contribution in [0.15, 0.2) is 60.8 Å². The van der Waals surface area contributed by atoms with Crippen molar-refractivity contribution >= 4 is 88.2 Å². The summed E-state index contributed by atoms with van der Waals surface area (Å²) in [5.74, 6) is -0.365. The highest BCUT2D eigenvalue weighted by Crippen LogP contribution is 2.35.